The van der Waals surface area contributed by atoms with Crippen molar-refractivity contribution in [3.8, 4) is 17.3 Å². The zero-order valence-electron chi connectivity index (χ0n) is 15.4. The normalized spacial score (nSPS) is 21.0. The fourth-order valence-corrected chi connectivity index (χ4v) is 4.52. The second-order valence-electron chi connectivity index (χ2n) is 7.57. The van der Waals surface area contributed by atoms with Crippen LogP contribution >= 0.6 is 24.0 Å². The zero-order valence-corrected chi connectivity index (χ0v) is 17.0. The number of hydrogen-bond acceptors (Lipinski definition) is 3. The van der Waals surface area contributed by atoms with Crippen molar-refractivity contribution in [1.82, 2.24) is 4.98 Å². The summed E-state index contributed by atoms with van der Waals surface area (Å²) >= 11 is 6.18. The van der Waals surface area contributed by atoms with Crippen LogP contribution in [-0.4, -0.2) is 11.0 Å². The summed E-state index contributed by atoms with van der Waals surface area (Å²) in [5, 5.41) is 13.5. The lowest BCUT2D eigenvalue weighted by molar-refractivity contribution is 0.342. The summed E-state index contributed by atoms with van der Waals surface area (Å²) in [6.07, 6.45) is 8.67. The van der Waals surface area contributed by atoms with Gasteiger partial charge >= 0.3 is 0 Å². The molecule has 5 heteroatoms. The van der Waals surface area contributed by atoms with E-state index in [0.29, 0.717) is 18.4 Å². The van der Waals surface area contributed by atoms with E-state index in [1.54, 1.807) is 0 Å². The molecule has 1 fully saturated rings. The average Bonchev–Trinajstić information content (AvgIpc) is 3.12. The number of pyridine rings is 1. The van der Waals surface area contributed by atoms with Gasteiger partial charge in [0.25, 0.3) is 0 Å². The fourth-order valence-electron chi connectivity index (χ4n) is 4.33. The van der Waals surface area contributed by atoms with Gasteiger partial charge in [-0.3, -0.25) is 4.98 Å². The Balaban J connectivity index is 0.00000210. The molecule has 1 N–H and O–H groups in total. The van der Waals surface area contributed by atoms with Crippen LogP contribution in [0.1, 0.15) is 49.8 Å². The number of hydrogen-bond donors (Lipinski definition) is 1. The molecule has 0 unspecified atom stereocenters. The fraction of sp³-hybridized carbons (Fsp3) is 0.455. The molecule has 1 saturated carbocycles. The number of benzene rings is 1. The Labute approximate surface area is 172 Å². The van der Waals surface area contributed by atoms with Crippen molar-refractivity contribution in [2.75, 3.05) is 5.32 Å². The molecule has 0 spiro atoms. The summed E-state index contributed by atoms with van der Waals surface area (Å²) in [5.74, 6) is 0.586. The Morgan fingerprint density at radius 1 is 1.15 bits per heavy atom. The number of nitriles is 1. The zero-order chi connectivity index (χ0) is 17.9. The summed E-state index contributed by atoms with van der Waals surface area (Å²) in [7, 11) is 0. The van der Waals surface area contributed by atoms with E-state index in [4.69, 9.17) is 21.8 Å². The standard InChI is InChI=1S/C22H24ClN3.ClH/c23-17-4-1-3-16(13-17)21-14-22(19-5-2-6-20(19)26-21)25-18-9-7-15(8-10-18)11-12-24;/h1,3-4,13-15,18H,2,5-11H2,(H,25,26);1H/t15-,18-;. The highest BCUT2D eigenvalue weighted by Gasteiger charge is 2.24. The van der Waals surface area contributed by atoms with E-state index < -0.39 is 0 Å². The Morgan fingerprint density at radius 3 is 2.70 bits per heavy atom. The SMILES string of the molecule is Cl.N#CC[C@H]1CC[C@H](Nc2cc(-c3cccc(Cl)c3)nc3c2CCC3)CC1. The number of nitrogens with zero attached hydrogens (tertiary/aromatic N) is 2. The summed E-state index contributed by atoms with van der Waals surface area (Å²) < 4.78 is 0. The Morgan fingerprint density at radius 2 is 1.96 bits per heavy atom. The van der Waals surface area contributed by atoms with Gasteiger partial charge < -0.3 is 5.32 Å². The number of anilines is 1. The highest BCUT2D eigenvalue weighted by atomic mass is 35.5. The van der Waals surface area contributed by atoms with Crippen molar-refractivity contribution in [3.05, 3.63) is 46.6 Å². The van der Waals surface area contributed by atoms with E-state index in [1.807, 2.05) is 18.2 Å². The molecule has 1 aromatic carbocycles. The minimum atomic E-state index is 0. The molecule has 1 heterocycles. The first-order chi connectivity index (χ1) is 12.7. The van der Waals surface area contributed by atoms with Crippen LogP contribution in [0.15, 0.2) is 30.3 Å². The third-order valence-electron chi connectivity index (χ3n) is 5.76. The number of nitrogens with one attached hydrogen (secondary N) is 1. The van der Waals surface area contributed by atoms with Crippen LogP contribution in [0.25, 0.3) is 11.3 Å². The van der Waals surface area contributed by atoms with Gasteiger partial charge in [0.15, 0.2) is 0 Å². The molecule has 4 rings (SSSR count). The van der Waals surface area contributed by atoms with Crippen LogP contribution in [0.3, 0.4) is 0 Å². The van der Waals surface area contributed by atoms with E-state index >= 15 is 0 Å². The van der Waals surface area contributed by atoms with E-state index in [9.17, 15) is 0 Å². The first-order valence-corrected chi connectivity index (χ1v) is 10.0. The molecular formula is C22H25Cl2N3. The second kappa shape index (κ2) is 8.95. The summed E-state index contributed by atoms with van der Waals surface area (Å²) in [5.41, 5.74) is 5.98. The number of halogens is 2. The molecule has 0 saturated heterocycles. The number of aromatic nitrogens is 1. The maximum absolute atomic E-state index is 8.90. The minimum Gasteiger partial charge on any atom is -0.382 e. The van der Waals surface area contributed by atoms with Crippen LogP contribution in [0, 0.1) is 17.2 Å². The molecule has 142 valence electrons. The van der Waals surface area contributed by atoms with E-state index in [-0.39, 0.29) is 12.4 Å². The van der Waals surface area contributed by atoms with Gasteiger partial charge in [-0.25, -0.2) is 0 Å². The van der Waals surface area contributed by atoms with Gasteiger partial charge in [-0.15, -0.1) is 12.4 Å². The lowest BCUT2D eigenvalue weighted by atomic mass is 9.84. The van der Waals surface area contributed by atoms with Crippen LogP contribution in [-0.2, 0) is 12.8 Å². The van der Waals surface area contributed by atoms with Gasteiger partial charge in [0.2, 0.25) is 0 Å². The van der Waals surface area contributed by atoms with Crippen molar-refractivity contribution in [1.29, 1.82) is 5.26 Å². The van der Waals surface area contributed by atoms with Crippen molar-refractivity contribution >= 4 is 29.7 Å². The monoisotopic (exact) mass is 401 g/mol. The van der Waals surface area contributed by atoms with Gasteiger partial charge in [0.05, 0.1) is 11.8 Å². The predicted molar refractivity (Wildman–Crippen MR) is 114 cm³/mol. The molecular weight excluding hydrogens is 377 g/mol. The highest BCUT2D eigenvalue weighted by Crippen LogP contribution is 2.35. The minimum absolute atomic E-state index is 0. The number of fused-ring (bicyclic) bond motifs is 1. The molecule has 0 amide bonds. The Hall–Kier alpha value is -1.76. The second-order valence-corrected chi connectivity index (χ2v) is 8.00. The molecule has 2 aliphatic rings. The third kappa shape index (κ3) is 4.57. The van der Waals surface area contributed by atoms with Crippen molar-refractivity contribution in [2.24, 2.45) is 5.92 Å². The molecule has 0 atom stereocenters. The largest absolute Gasteiger partial charge is 0.382 e. The first-order valence-electron chi connectivity index (χ1n) is 9.65. The Bertz CT molecular complexity index is 836. The lowest BCUT2D eigenvalue weighted by Gasteiger charge is -2.29. The molecule has 0 radical (unpaired) electrons. The van der Waals surface area contributed by atoms with Crippen LogP contribution in [0.4, 0.5) is 5.69 Å². The molecule has 2 aliphatic carbocycles. The molecule has 0 bridgehead atoms. The number of rotatable bonds is 4. The van der Waals surface area contributed by atoms with Crippen LogP contribution in [0.5, 0.6) is 0 Å². The average molecular weight is 402 g/mol. The third-order valence-corrected chi connectivity index (χ3v) is 5.99. The maximum Gasteiger partial charge on any atom is 0.0726 e. The summed E-state index contributed by atoms with van der Waals surface area (Å²) in [6, 6.07) is 13.0. The predicted octanol–water partition coefficient (Wildman–Crippen LogP) is 6.20. The van der Waals surface area contributed by atoms with Gasteiger partial charge in [-0.1, -0.05) is 23.7 Å². The van der Waals surface area contributed by atoms with Gasteiger partial charge in [0.1, 0.15) is 0 Å². The van der Waals surface area contributed by atoms with Crippen molar-refractivity contribution < 1.29 is 0 Å². The Kier molecular flexibility index (Phi) is 6.63. The van der Waals surface area contributed by atoms with E-state index in [1.165, 1.54) is 23.4 Å². The molecule has 27 heavy (non-hydrogen) atoms. The lowest BCUT2D eigenvalue weighted by Crippen LogP contribution is -2.26. The maximum atomic E-state index is 8.90. The summed E-state index contributed by atoms with van der Waals surface area (Å²) in [6.45, 7) is 0. The van der Waals surface area contributed by atoms with Crippen LogP contribution in [0.2, 0.25) is 5.02 Å². The summed E-state index contributed by atoms with van der Waals surface area (Å²) in [4.78, 5) is 4.92. The highest BCUT2D eigenvalue weighted by molar-refractivity contribution is 6.30. The van der Waals surface area contributed by atoms with Gasteiger partial charge in [-0.05, 0) is 74.6 Å². The molecule has 0 aliphatic heterocycles. The van der Waals surface area contributed by atoms with E-state index in [2.05, 4.69) is 23.5 Å². The number of aryl methyl sites for hydroxylation is 1. The van der Waals surface area contributed by atoms with Crippen molar-refractivity contribution in [2.45, 2.75) is 57.4 Å². The van der Waals surface area contributed by atoms with E-state index in [0.717, 1.165) is 54.8 Å². The van der Waals surface area contributed by atoms with Gasteiger partial charge in [0, 0.05) is 34.4 Å². The molecule has 2 aromatic rings. The van der Waals surface area contributed by atoms with Crippen LogP contribution < -0.4 is 5.32 Å². The van der Waals surface area contributed by atoms with Crippen molar-refractivity contribution in [3.63, 3.8) is 0 Å². The topological polar surface area (TPSA) is 48.7 Å². The van der Waals surface area contributed by atoms with Gasteiger partial charge in [-0.2, -0.15) is 5.26 Å². The quantitative estimate of drug-likeness (QED) is 0.663. The molecule has 3 nitrogen and oxygen atoms in total. The molecule has 1 aromatic heterocycles. The first kappa shape index (κ1) is 20.0. The smallest absolute Gasteiger partial charge is 0.0726 e.